The van der Waals surface area contributed by atoms with E-state index in [-0.39, 0.29) is 48.9 Å². The Labute approximate surface area is 185 Å². The summed E-state index contributed by atoms with van der Waals surface area (Å²) in [6.07, 6.45) is 1.46. The predicted molar refractivity (Wildman–Crippen MR) is 116 cm³/mol. The number of rotatable bonds is 4. The highest BCUT2D eigenvalue weighted by Crippen LogP contribution is 2.41. The third-order valence-corrected chi connectivity index (χ3v) is 8.69. The number of sulfone groups is 1. The van der Waals surface area contributed by atoms with Crippen LogP contribution >= 0.6 is 0 Å². The first-order chi connectivity index (χ1) is 15.1. The minimum Gasteiger partial charge on any atom is -0.386 e. The van der Waals surface area contributed by atoms with E-state index in [2.05, 4.69) is 14.8 Å². The molecule has 2 aromatic rings. The van der Waals surface area contributed by atoms with Gasteiger partial charge in [0, 0.05) is 24.8 Å². The van der Waals surface area contributed by atoms with Crippen LogP contribution in [0.2, 0.25) is 0 Å². The molecule has 3 heterocycles. The number of hydrogen-bond donors (Lipinski definition) is 1. The minimum absolute atomic E-state index is 0.0550. The molecule has 8 nitrogen and oxygen atoms in total. The second-order valence-electron chi connectivity index (χ2n) is 8.25. The van der Waals surface area contributed by atoms with E-state index in [1.807, 2.05) is 0 Å². The van der Waals surface area contributed by atoms with Gasteiger partial charge in [-0.25, -0.2) is 17.7 Å². The van der Waals surface area contributed by atoms with Gasteiger partial charge in [-0.2, -0.15) is 0 Å². The summed E-state index contributed by atoms with van der Waals surface area (Å²) in [6, 6.07) is 7.07. The number of pyridine rings is 1. The number of nitrogens with two attached hydrogens (primary N) is 1. The molecule has 2 aliphatic heterocycles. The molecule has 0 saturated carbocycles. The summed E-state index contributed by atoms with van der Waals surface area (Å²) in [5, 5.41) is 0. The lowest BCUT2D eigenvalue weighted by Crippen LogP contribution is -2.58. The molecule has 0 radical (unpaired) electrons. The molecule has 0 amide bonds. The van der Waals surface area contributed by atoms with Gasteiger partial charge in [-0.3, -0.25) is 14.8 Å². The lowest BCUT2D eigenvalue weighted by atomic mass is 9.90. The summed E-state index contributed by atoms with van der Waals surface area (Å²) in [5.41, 5.74) is 5.72. The van der Waals surface area contributed by atoms with Gasteiger partial charge in [-0.05, 0) is 37.1 Å². The number of amidine groups is 1. The molecule has 2 N–H and O–H groups in total. The molecule has 1 spiro atoms. The molecule has 0 aliphatic carbocycles. The van der Waals surface area contributed by atoms with Crippen molar-refractivity contribution >= 4 is 27.1 Å². The van der Waals surface area contributed by atoms with Gasteiger partial charge >= 0.3 is 0 Å². The zero-order valence-corrected chi connectivity index (χ0v) is 18.2. The largest absolute Gasteiger partial charge is 0.386 e. The first kappa shape index (κ1) is 22.0. The van der Waals surface area contributed by atoms with Gasteiger partial charge in [0.1, 0.15) is 22.9 Å². The van der Waals surface area contributed by atoms with Crippen molar-refractivity contribution in [1.29, 1.82) is 0 Å². The Morgan fingerprint density at radius 3 is 2.72 bits per heavy atom. The van der Waals surface area contributed by atoms with Crippen molar-refractivity contribution in [3.05, 3.63) is 70.6 Å². The number of nitrogens with zero attached hydrogens (tertiary/aromatic N) is 3. The van der Waals surface area contributed by atoms with Crippen molar-refractivity contribution in [2.45, 2.75) is 30.1 Å². The SMILES string of the molecule is [C-]#[N+]c1ccc(C(=O)Cc2ccc(F)c([C@]3(C)CS(=O)(=O)[C@]4(CCOC4)C(N)=N3)c2)nc1. The molecule has 166 valence electrons. The Balaban J connectivity index is 1.67. The Morgan fingerprint density at radius 1 is 1.34 bits per heavy atom. The highest BCUT2D eigenvalue weighted by Gasteiger charge is 2.57. The van der Waals surface area contributed by atoms with E-state index in [1.54, 1.807) is 0 Å². The molecule has 1 aromatic heterocycles. The van der Waals surface area contributed by atoms with Crippen LogP contribution in [-0.4, -0.2) is 48.7 Å². The van der Waals surface area contributed by atoms with Gasteiger partial charge in [0.05, 0.1) is 18.9 Å². The van der Waals surface area contributed by atoms with Crippen LogP contribution in [0.5, 0.6) is 0 Å². The monoisotopic (exact) mass is 456 g/mol. The summed E-state index contributed by atoms with van der Waals surface area (Å²) in [7, 11) is -3.78. The van der Waals surface area contributed by atoms with Gasteiger partial charge in [0.15, 0.2) is 20.4 Å². The van der Waals surface area contributed by atoms with Crippen LogP contribution in [0.1, 0.15) is 35.0 Å². The Morgan fingerprint density at radius 2 is 2.12 bits per heavy atom. The Bertz CT molecular complexity index is 1260. The Kier molecular flexibility index (Phi) is 5.35. The van der Waals surface area contributed by atoms with Crippen LogP contribution in [0.3, 0.4) is 0 Å². The number of aliphatic imine (C=N–C) groups is 1. The number of carbonyl (C=O) groups is 1. The fourth-order valence-corrected chi connectivity index (χ4v) is 6.45. The van der Waals surface area contributed by atoms with Gasteiger partial charge in [0.2, 0.25) is 5.69 Å². The maximum atomic E-state index is 14.8. The molecular weight excluding hydrogens is 435 g/mol. The molecule has 1 fully saturated rings. The fourth-order valence-electron chi connectivity index (χ4n) is 4.19. The van der Waals surface area contributed by atoms with E-state index >= 15 is 0 Å². The van der Waals surface area contributed by atoms with Gasteiger partial charge < -0.3 is 10.5 Å². The van der Waals surface area contributed by atoms with Gasteiger partial charge in [-0.1, -0.05) is 12.1 Å². The van der Waals surface area contributed by atoms with Crippen LogP contribution in [0, 0.1) is 12.4 Å². The average Bonchev–Trinajstić information content (AvgIpc) is 3.26. The first-order valence-corrected chi connectivity index (χ1v) is 11.6. The molecule has 4 rings (SSSR count). The van der Waals surface area contributed by atoms with Gasteiger partial charge in [-0.15, -0.1) is 0 Å². The molecule has 2 aliphatic rings. The second kappa shape index (κ2) is 7.76. The highest BCUT2D eigenvalue weighted by molar-refractivity contribution is 7.93. The minimum atomic E-state index is -3.78. The van der Waals surface area contributed by atoms with Crippen molar-refractivity contribution in [3.63, 3.8) is 0 Å². The smallest absolute Gasteiger partial charge is 0.205 e. The number of Topliss-reactive ketones (excluding diaryl/α,β-unsaturated/α-hetero) is 1. The first-order valence-electron chi connectivity index (χ1n) is 9.92. The number of hydrogen-bond acceptors (Lipinski definition) is 7. The summed E-state index contributed by atoms with van der Waals surface area (Å²) in [5.74, 6) is -1.44. The van der Waals surface area contributed by atoms with Gasteiger partial charge in [0.25, 0.3) is 0 Å². The molecule has 32 heavy (non-hydrogen) atoms. The van der Waals surface area contributed by atoms with Crippen molar-refractivity contribution in [3.8, 4) is 0 Å². The van der Waals surface area contributed by atoms with Crippen molar-refractivity contribution in [2.75, 3.05) is 19.0 Å². The summed E-state index contributed by atoms with van der Waals surface area (Å²) >= 11 is 0. The summed E-state index contributed by atoms with van der Waals surface area (Å²) in [4.78, 5) is 24.3. The third-order valence-electron chi connectivity index (χ3n) is 6.02. The summed E-state index contributed by atoms with van der Waals surface area (Å²) in [6.45, 7) is 8.68. The highest BCUT2D eigenvalue weighted by atomic mass is 32.2. The third kappa shape index (κ3) is 3.57. The second-order valence-corrected chi connectivity index (χ2v) is 10.6. The van der Waals surface area contributed by atoms with E-state index < -0.39 is 31.7 Å². The molecule has 1 saturated heterocycles. The van der Waals surface area contributed by atoms with Crippen molar-refractivity contribution in [2.24, 2.45) is 10.7 Å². The van der Waals surface area contributed by atoms with Crippen LogP contribution < -0.4 is 5.73 Å². The predicted octanol–water partition coefficient (Wildman–Crippen LogP) is 2.36. The number of carbonyl (C=O) groups excluding carboxylic acids is 1. The normalized spacial score (nSPS) is 26.5. The van der Waals surface area contributed by atoms with Crippen molar-refractivity contribution < 1.29 is 22.3 Å². The lowest BCUT2D eigenvalue weighted by Gasteiger charge is -2.39. The molecule has 2 atom stereocenters. The standard InChI is InChI=1S/C22H21FN4O4S/c1-21(13-32(29,30)22(20(24)27-21)7-8-31-12-22)16-9-14(3-5-17(16)23)10-19(28)18-6-4-15(25-2)11-26-18/h3-6,9,11H,7-8,10,12-13H2,1H3,(H2,24,27)/t21-,22-/m0/s1. The lowest BCUT2D eigenvalue weighted by molar-refractivity contribution is 0.0988. The van der Waals surface area contributed by atoms with Crippen LogP contribution in [0.15, 0.2) is 41.5 Å². The zero-order chi connectivity index (χ0) is 23.1. The van der Waals surface area contributed by atoms with Crippen LogP contribution in [0.25, 0.3) is 4.85 Å². The number of halogens is 1. The number of benzene rings is 1. The van der Waals surface area contributed by atoms with Crippen molar-refractivity contribution in [1.82, 2.24) is 4.98 Å². The molecule has 10 heteroatoms. The number of aromatic nitrogens is 1. The fraction of sp³-hybridized carbons (Fsp3) is 0.364. The topological polar surface area (TPSA) is 116 Å². The average molecular weight is 456 g/mol. The van der Waals surface area contributed by atoms with Crippen LogP contribution in [0.4, 0.5) is 10.1 Å². The van der Waals surface area contributed by atoms with E-state index in [0.29, 0.717) is 11.3 Å². The zero-order valence-electron chi connectivity index (χ0n) is 17.3. The quantitative estimate of drug-likeness (QED) is 0.558. The maximum Gasteiger partial charge on any atom is 0.205 e. The molecular formula is C22H21FN4O4S. The maximum absolute atomic E-state index is 14.8. The number of ketones is 1. The van der Waals surface area contributed by atoms with E-state index in [1.165, 1.54) is 43.5 Å². The number of ether oxygens (including phenoxy) is 1. The van der Waals surface area contributed by atoms with E-state index in [9.17, 15) is 17.6 Å². The molecule has 0 bridgehead atoms. The summed E-state index contributed by atoms with van der Waals surface area (Å²) < 4.78 is 45.1. The van der Waals surface area contributed by atoms with Crippen LogP contribution in [-0.2, 0) is 26.5 Å². The van der Waals surface area contributed by atoms with E-state index in [4.69, 9.17) is 17.0 Å². The Hall–Kier alpha value is -3.16. The molecule has 0 unspecified atom stereocenters. The molecule has 1 aromatic carbocycles. The van der Waals surface area contributed by atoms with E-state index in [0.717, 1.165) is 0 Å².